The largest absolute Gasteiger partial charge is 0.394 e. The van der Waals surface area contributed by atoms with Gasteiger partial charge in [0.2, 0.25) is 5.91 Å². The van der Waals surface area contributed by atoms with Gasteiger partial charge in [-0.25, -0.2) is 0 Å². The molecular formula is C11H19NO4. The van der Waals surface area contributed by atoms with E-state index in [0.29, 0.717) is 26.4 Å². The molecule has 0 aromatic heterocycles. The lowest BCUT2D eigenvalue weighted by Crippen LogP contribution is -2.52. The van der Waals surface area contributed by atoms with Crippen LogP contribution in [0.5, 0.6) is 0 Å². The van der Waals surface area contributed by atoms with Crippen molar-refractivity contribution in [3.8, 4) is 0 Å². The molecule has 2 saturated heterocycles. The van der Waals surface area contributed by atoms with Crippen molar-refractivity contribution >= 4 is 5.91 Å². The molecule has 0 spiro atoms. The van der Waals surface area contributed by atoms with Gasteiger partial charge < -0.3 is 19.5 Å². The Morgan fingerprint density at radius 2 is 2.31 bits per heavy atom. The molecule has 2 fully saturated rings. The van der Waals surface area contributed by atoms with Gasteiger partial charge in [-0.05, 0) is 13.3 Å². The highest BCUT2D eigenvalue weighted by Crippen LogP contribution is 2.23. The number of rotatable bonds is 2. The second-order valence-corrected chi connectivity index (χ2v) is 4.52. The van der Waals surface area contributed by atoms with Crippen LogP contribution >= 0.6 is 0 Å². The number of amides is 1. The topological polar surface area (TPSA) is 59.0 Å². The van der Waals surface area contributed by atoms with Gasteiger partial charge in [0.1, 0.15) is 0 Å². The fraction of sp³-hybridized carbons (Fsp3) is 0.909. The number of morpholine rings is 1. The molecule has 92 valence electrons. The maximum atomic E-state index is 12.2. The van der Waals surface area contributed by atoms with Crippen LogP contribution in [0.15, 0.2) is 0 Å². The van der Waals surface area contributed by atoms with E-state index in [-0.39, 0.29) is 30.6 Å². The Morgan fingerprint density at radius 1 is 1.50 bits per heavy atom. The SMILES string of the molecule is CC1CC(C(=O)N2CCOCC2CO)CO1. The zero-order valence-corrected chi connectivity index (χ0v) is 9.59. The van der Waals surface area contributed by atoms with Crippen LogP contribution in [-0.2, 0) is 14.3 Å². The molecule has 3 unspecified atom stereocenters. The van der Waals surface area contributed by atoms with E-state index in [4.69, 9.17) is 9.47 Å². The molecule has 3 atom stereocenters. The fourth-order valence-corrected chi connectivity index (χ4v) is 2.32. The quantitative estimate of drug-likeness (QED) is 0.702. The zero-order chi connectivity index (χ0) is 11.5. The van der Waals surface area contributed by atoms with Crippen molar-refractivity contribution in [1.82, 2.24) is 4.90 Å². The molecule has 5 nitrogen and oxygen atoms in total. The van der Waals surface area contributed by atoms with E-state index in [1.807, 2.05) is 6.92 Å². The van der Waals surface area contributed by atoms with E-state index < -0.39 is 0 Å². The number of carbonyl (C=O) groups excluding carboxylic acids is 1. The molecule has 1 amide bonds. The first-order valence-electron chi connectivity index (χ1n) is 5.83. The van der Waals surface area contributed by atoms with E-state index >= 15 is 0 Å². The molecule has 1 N–H and O–H groups in total. The van der Waals surface area contributed by atoms with Crippen molar-refractivity contribution in [3.05, 3.63) is 0 Å². The predicted octanol–water partition coefficient (Wildman–Crippen LogP) is -0.369. The van der Waals surface area contributed by atoms with Crippen LogP contribution in [0.2, 0.25) is 0 Å². The van der Waals surface area contributed by atoms with Gasteiger partial charge >= 0.3 is 0 Å². The second kappa shape index (κ2) is 5.12. The highest BCUT2D eigenvalue weighted by Gasteiger charge is 2.35. The Labute approximate surface area is 95.3 Å². The lowest BCUT2D eigenvalue weighted by molar-refractivity contribution is -0.146. The highest BCUT2D eigenvalue weighted by molar-refractivity contribution is 5.79. The zero-order valence-electron chi connectivity index (χ0n) is 9.59. The predicted molar refractivity (Wildman–Crippen MR) is 56.9 cm³/mol. The van der Waals surface area contributed by atoms with Gasteiger partial charge in [0.05, 0.1) is 44.5 Å². The third kappa shape index (κ3) is 2.36. The molecule has 0 saturated carbocycles. The smallest absolute Gasteiger partial charge is 0.228 e. The summed E-state index contributed by atoms with van der Waals surface area (Å²) in [6.45, 7) is 4.03. The number of hydrogen-bond acceptors (Lipinski definition) is 4. The molecule has 2 aliphatic rings. The number of hydrogen-bond donors (Lipinski definition) is 1. The molecule has 0 aromatic carbocycles. The minimum atomic E-state index is -0.183. The summed E-state index contributed by atoms with van der Waals surface area (Å²) in [4.78, 5) is 13.9. The second-order valence-electron chi connectivity index (χ2n) is 4.52. The average Bonchev–Trinajstić information content (AvgIpc) is 2.75. The summed E-state index contributed by atoms with van der Waals surface area (Å²) < 4.78 is 10.7. The minimum Gasteiger partial charge on any atom is -0.394 e. The van der Waals surface area contributed by atoms with Crippen molar-refractivity contribution in [1.29, 1.82) is 0 Å². The van der Waals surface area contributed by atoms with Gasteiger partial charge in [0.15, 0.2) is 0 Å². The molecule has 0 aliphatic carbocycles. The van der Waals surface area contributed by atoms with Crippen LogP contribution in [0.1, 0.15) is 13.3 Å². The third-order valence-corrected chi connectivity index (χ3v) is 3.27. The van der Waals surface area contributed by atoms with Crippen molar-refractivity contribution in [2.45, 2.75) is 25.5 Å². The van der Waals surface area contributed by atoms with E-state index in [2.05, 4.69) is 0 Å². The average molecular weight is 229 g/mol. The monoisotopic (exact) mass is 229 g/mol. The molecule has 0 aromatic rings. The van der Waals surface area contributed by atoms with Gasteiger partial charge in [-0.1, -0.05) is 0 Å². The Morgan fingerprint density at radius 3 is 2.94 bits per heavy atom. The first-order valence-corrected chi connectivity index (χ1v) is 5.83. The van der Waals surface area contributed by atoms with Crippen molar-refractivity contribution in [2.75, 3.05) is 33.0 Å². The molecule has 2 aliphatic heterocycles. The minimum absolute atomic E-state index is 0.0329. The summed E-state index contributed by atoms with van der Waals surface area (Å²) in [5, 5.41) is 9.20. The Kier molecular flexibility index (Phi) is 3.78. The Balaban J connectivity index is 1.96. The number of nitrogens with zero attached hydrogens (tertiary/aromatic N) is 1. The molecular weight excluding hydrogens is 210 g/mol. The van der Waals surface area contributed by atoms with E-state index in [1.165, 1.54) is 0 Å². The summed E-state index contributed by atoms with van der Waals surface area (Å²) >= 11 is 0. The van der Waals surface area contributed by atoms with Gasteiger partial charge in [0.25, 0.3) is 0 Å². The fourth-order valence-electron chi connectivity index (χ4n) is 2.32. The Bertz CT molecular complexity index is 258. The molecule has 0 radical (unpaired) electrons. The van der Waals surface area contributed by atoms with E-state index in [1.54, 1.807) is 4.90 Å². The number of carbonyl (C=O) groups is 1. The summed E-state index contributed by atoms with van der Waals surface area (Å²) in [6, 6.07) is -0.183. The lowest BCUT2D eigenvalue weighted by Gasteiger charge is -2.35. The maximum absolute atomic E-state index is 12.2. The first-order chi connectivity index (χ1) is 7.72. The standard InChI is InChI=1S/C11H19NO4/c1-8-4-9(6-16-8)11(14)12-2-3-15-7-10(12)5-13/h8-10,13H,2-7H2,1H3. The number of ether oxygens (including phenoxy) is 2. The van der Waals surface area contributed by atoms with Crippen LogP contribution in [-0.4, -0.2) is 61.0 Å². The van der Waals surface area contributed by atoms with E-state index in [9.17, 15) is 9.90 Å². The summed E-state index contributed by atoms with van der Waals surface area (Å²) in [7, 11) is 0. The van der Waals surface area contributed by atoms with Gasteiger partial charge in [-0.15, -0.1) is 0 Å². The van der Waals surface area contributed by atoms with E-state index in [0.717, 1.165) is 6.42 Å². The molecule has 2 heterocycles. The van der Waals surface area contributed by atoms with Gasteiger partial charge in [-0.2, -0.15) is 0 Å². The maximum Gasteiger partial charge on any atom is 0.228 e. The highest BCUT2D eigenvalue weighted by atomic mass is 16.5. The summed E-state index contributed by atoms with van der Waals surface area (Å²) in [5.41, 5.74) is 0. The van der Waals surface area contributed by atoms with Crippen molar-refractivity contribution in [3.63, 3.8) is 0 Å². The van der Waals surface area contributed by atoms with Gasteiger partial charge in [-0.3, -0.25) is 4.79 Å². The number of aliphatic hydroxyl groups is 1. The summed E-state index contributed by atoms with van der Waals surface area (Å²) in [6.07, 6.45) is 0.955. The van der Waals surface area contributed by atoms with Crippen LogP contribution in [0.4, 0.5) is 0 Å². The normalized spacial score (nSPS) is 35.4. The molecule has 5 heteroatoms. The van der Waals surface area contributed by atoms with Crippen LogP contribution in [0, 0.1) is 5.92 Å². The molecule has 2 rings (SSSR count). The summed E-state index contributed by atoms with van der Waals surface area (Å²) in [5.74, 6) is 0.0638. The van der Waals surface area contributed by atoms with Crippen molar-refractivity contribution in [2.24, 2.45) is 5.92 Å². The number of aliphatic hydroxyl groups excluding tert-OH is 1. The van der Waals surface area contributed by atoms with Gasteiger partial charge in [0, 0.05) is 6.54 Å². The Hall–Kier alpha value is -0.650. The lowest BCUT2D eigenvalue weighted by atomic mass is 10.0. The first kappa shape index (κ1) is 11.8. The van der Waals surface area contributed by atoms with Crippen LogP contribution in [0.25, 0.3) is 0 Å². The third-order valence-electron chi connectivity index (χ3n) is 3.27. The molecule has 0 bridgehead atoms. The molecule has 16 heavy (non-hydrogen) atoms. The van der Waals surface area contributed by atoms with Crippen LogP contribution in [0.3, 0.4) is 0 Å². The van der Waals surface area contributed by atoms with Crippen molar-refractivity contribution < 1.29 is 19.4 Å². The van der Waals surface area contributed by atoms with Crippen LogP contribution < -0.4 is 0 Å².